The molecule has 3 N–H and O–H groups in total. The number of H-pyrrole nitrogens is 1. The van der Waals surface area contributed by atoms with Crippen molar-refractivity contribution in [3.8, 4) is 5.75 Å². The molecule has 1 amide bonds. The minimum Gasteiger partial charge on any atom is -0.507 e. The Labute approximate surface area is 153 Å². The molecule has 0 atom stereocenters. The van der Waals surface area contributed by atoms with Crippen LogP contribution >= 0.6 is 0 Å². The number of aromatic amines is 1. The van der Waals surface area contributed by atoms with E-state index >= 15 is 0 Å². The number of phenols is 1. The van der Waals surface area contributed by atoms with Gasteiger partial charge in [-0.2, -0.15) is 5.10 Å². The zero-order valence-electron chi connectivity index (χ0n) is 15.1. The third-order valence-corrected chi connectivity index (χ3v) is 4.24. The summed E-state index contributed by atoms with van der Waals surface area (Å²) in [6, 6.07) is 6.64. The number of rotatable bonds is 4. The quantitative estimate of drug-likeness (QED) is 0.312. The van der Waals surface area contributed by atoms with Gasteiger partial charge in [-0.3, -0.25) is 18.7 Å². The lowest BCUT2D eigenvalue weighted by atomic mass is 10.1. The first kappa shape index (κ1) is 18.1. The van der Waals surface area contributed by atoms with Gasteiger partial charge in [-0.25, -0.2) is 19.8 Å². The summed E-state index contributed by atoms with van der Waals surface area (Å²) in [5.41, 5.74) is 2.89. The minimum absolute atomic E-state index is 0.0587. The Bertz CT molecular complexity index is 1180. The van der Waals surface area contributed by atoms with Gasteiger partial charge in [0.2, 0.25) is 6.33 Å². The molecular formula is C17H19N6O4+. The second kappa shape index (κ2) is 6.90. The van der Waals surface area contributed by atoms with Gasteiger partial charge in [0.1, 0.15) is 5.75 Å². The van der Waals surface area contributed by atoms with Gasteiger partial charge in [-0.05, 0) is 19.1 Å². The van der Waals surface area contributed by atoms with Crippen molar-refractivity contribution in [2.75, 3.05) is 0 Å². The van der Waals surface area contributed by atoms with Gasteiger partial charge in [-0.1, -0.05) is 12.1 Å². The average molecular weight is 371 g/mol. The van der Waals surface area contributed by atoms with Crippen LogP contribution in [0.4, 0.5) is 0 Å². The standard InChI is InChI=1S/C17H18N6O4/c1-10(11-6-4-5-7-12(11)24)19-20-13(25)8-23-9-18-15-14(23)16(26)22(3)17(27)21(15)2/h4-7,9H,8H2,1-3H3,(H2,19,20,24,25)/p+1. The number of phenolic OH excluding ortho intramolecular Hbond substituents is 1. The minimum atomic E-state index is -0.504. The maximum Gasteiger partial charge on any atom is 0.333 e. The van der Waals surface area contributed by atoms with Crippen LogP contribution in [0.2, 0.25) is 0 Å². The predicted octanol–water partition coefficient (Wildman–Crippen LogP) is -0.901. The smallest absolute Gasteiger partial charge is 0.333 e. The first-order valence-electron chi connectivity index (χ1n) is 8.09. The molecule has 140 valence electrons. The van der Waals surface area contributed by atoms with Gasteiger partial charge in [-0.15, -0.1) is 0 Å². The van der Waals surface area contributed by atoms with Crippen LogP contribution in [0.5, 0.6) is 5.75 Å². The molecule has 2 aromatic heterocycles. The van der Waals surface area contributed by atoms with Crippen LogP contribution in [-0.2, 0) is 25.4 Å². The van der Waals surface area contributed by atoms with Crippen LogP contribution in [0.25, 0.3) is 11.2 Å². The van der Waals surface area contributed by atoms with Crippen molar-refractivity contribution in [1.82, 2.24) is 19.5 Å². The van der Waals surface area contributed by atoms with Gasteiger partial charge >= 0.3 is 11.2 Å². The van der Waals surface area contributed by atoms with E-state index in [0.717, 1.165) is 4.57 Å². The van der Waals surface area contributed by atoms with Crippen molar-refractivity contribution in [2.24, 2.45) is 19.2 Å². The molecule has 0 spiro atoms. The first-order chi connectivity index (χ1) is 12.8. The van der Waals surface area contributed by atoms with E-state index < -0.39 is 17.2 Å². The molecule has 0 unspecified atom stereocenters. The number of hydrogen-bond acceptors (Lipinski definition) is 5. The summed E-state index contributed by atoms with van der Waals surface area (Å²) in [6.45, 7) is 1.48. The van der Waals surface area contributed by atoms with Gasteiger partial charge in [0.25, 0.3) is 17.1 Å². The number of amides is 1. The number of aryl methyl sites for hydroxylation is 1. The number of para-hydroxylation sites is 1. The molecular weight excluding hydrogens is 352 g/mol. The molecule has 0 aliphatic rings. The van der Waals surface area contributed by atoms with Gasteiger partial charge in [0.15, 0.2) is 6.54 Å². The van der Waals surface area contributed by atoms with Crippen molar-refractivity contribution >= 4 is 22.8 Å². The summed E-state index contributed by atoms with van der Waals surface area (Å²) < 4.78 is 3.69. The lowest BCUT2D eigenvalue weighted by Gasteiger charge is -2.04. The molecule has 0 fully saturated rings. The number of nitrogens with one attached hydrogen (secondary N) is 2. The summed E-state index contributed by atoms with van der Waals surface area (Å²) in [4.78, 5) is 39.4. The molecule has 0 aliphatic heterocycles. The van der Waals surface area contributed by atoms with Crippen molar-refractivity contribution in [1.29, 1.82) is 0 Å². The Balaban J connectivity index is 1.85. The fraction of sp³-hybridized carbons (Fsp3) is 0.235. The number of aromatic nitrogens is 4. The number of imidazole rings is 1. The summed E-state index contributed by atoms with van der Waals surface area (Å²) in [6.07, 6.45) is 1.45. The Hall–Kier alpha value is -3.69. The number of carbonyl (C=O) groups is 1. The summed E-state index contributed by atoms with van der Waals surface area (Å²) in [5.74, 6) is -0.407. The molecule has 3 rings (SSSR count). The fourth-order valence-corrected chi connectivity index (χ4v) is 2.75. The highest BCUT2D eigenvalue weighted by atomic mass is 16.3. The topological polar surface area (TPSA) is 125 Å². The first-order valence-corrected chi connectivity index (χ1v) is 8.09. The molecule has 2 heterocycles. The molecule has 0 saturated carbocycles. The number of aromatic hydroxyl groups is 1. The SMILES string of the molecule is CC(=NNC(=O)C[n+]1c[nH]c2c1c(=O)n(C)c(=O)n2C)c1ccccc1O. The van der Waals surface area contributed by atoms with E-state index in [1.165, 1.54) is 35.6 Å². The van der Waals surface area contributed by atoms with Crippen LogP contribution < -0.4 is 21.2 Å². The zero-order chi connectivity index (χ0) is 19.7. The molecule has 0 saturated heterocycles. The lowest BCUT2D eigenvalue weighted by molar-refractivity contribution is -0.659. The number of carbonyl (C=O) groups excluding carboxylic acids is 1. The monoisotopic (exact) mass is 371 g/mol. The van der Waals surface area contributed by atoms with Gasteiger partial charge < -0.3 is 5.11 Å². The Morgan fingerprint density at radius 2 is 1.96 bits per heavy atom. The van der Waals surface area contributed by atoms with Crippen molar-refractivity contribution in [3.63, 3.8) is 0 Å². The maximum atomic E-state index is 12.4. The Morgan fingerprint density at radius 1 is 1.26 bits per heavy atom. The molecule has 1 aromatic carbocycles. The van der Waals surface area contributed by atoms with E-state index in [-0.39, 0.29) is 17.8 Å². The number of hydrazone groups is 1. The summed E-state index contributed by atoms with van der Waals surface area (Å²) >= 11 is 0. The third kappa shape index (κ3) is 3.24. The van der Waals surface area contributed by atoms with E-state index in [1.807, 2.05) is 0 Å². The predicted molar refractivity (Wildman–Crippen MR) is 97.4 cm³/mol. The van der Waals surface area contributed by atoms with Crippen molar-refractivity contribution in [2.45, 2.75) is 13.5 Å². The summed E-state index contributed by atoms with van der Waals surface area (Å²) in [7, 11) is 2.91. The number of hydrogen-bond donors (Lipinski definition) is 3. The number of fused-ring (bicyclic) bond motifs is 1. The van der Waals surface area contributed by atoms with E-state index in [2.05, 4.69) is 15.5 Å². The second-order valence-corrected chi connectivity index (χ2v) is 6.05. The van der Waals surface area contributed by atoms with E-state index in [4.69, 9.17) is 0 Å². The number of nitrogens with zero attached hydrogens (tertiary/aromatic N) is 4. The molecule has 27 heavy (non-hydrogen) atoms. The Kier molecular flexibility index (Phi) is 4.63. The average Bonchev–Trinajstić information content (AvgIpc) is 3.06. The van der Waals surface area contributed by atoms with E-state index in [9.17, 15) is 19.5 Å². The van der Waals surface area contributed by atoms with Crippen LogP contribution in [-0.4, -0.2) is 30.8 Å². The molecule has 0 aliphatic carbocycles. The number of benzene rings is 1. The summed E-state index contributed by atoms with van der Waals surface area (Å²) in [5, 5.41) is 13.8. The van der Waals surface area contributed by atoms with E-state index in [0.29, 0.717) is 16.9 Å². The van der Waals surface area contributed by atoms with Crippen LogP contribution in [0.3, 0.4) is 0 Å². The van der Waals surface area contributed by atoms with Crippen LogP contribution in [0, 0.1) is 0 Å². The maximum absolute atomic E-state index is 12.4. The van der Waals surface area contributed by atoms with E-state index in [1.54, 1.807) is 25.1 Å². The largest absolute Gasteiger partial charge is 0.507 e. The molecule has 10 nitrogen and oxygen atoms in total. The Morgan fingerprint density at radius 3 is 2.67 bits per heavy atom. The highest BCUT2D eigenvalue weighted by Crippen LogP contribution is 2.16. The van der Waals surface area contributed by atoms with Crippen molar-refractivity contribution < 1.29 is 14.5 Å². The molecule has 0 bridgehead atoms. The normalized spacial score (nSPS) is 11.7. The molecule has 0 radical (unpaired) electrons. The highest BCUT2D eigenvalue weighted by Gasteiger charge is 2.21. The van der Waals surface area contributed by atoms with Crippen LogP contribution in [0.1, 0.15) is 12.5 Å². The third-order valence-electron chi connectivity index (χ3n) is 4.24. The van der Waals surface area contributed by atoms with Crippen LogP contribution in [0.15, 0.2) is 45.3 Å². The zero-order valence-corrected chi connectivity index (χ0v) is 15.1. The van der Waals surface area contributed by atoms with Gasteiger partial charge in [0, 0.05) is 19.7 Å². The highest BCUT2D eigenvalue weighted by molar-refractivity contribution is 6.01. The molecule has 3 aromatic rings. The lowest BCUT2D eigenvalue weighted by Crippen LogP contribution is -2.46. The van der Waals surface area contributed by atoms with Crippen molar-refractivity contribution in [3.05, 3.63) is 57.0 Å². The fourth-order valence-electron chi connectivity index (χ4n) is 2.75. The second-order valence-electron chi connectivity index (χ2n) is 6.05. The molecule has 10 heteroatoms. The van der Waals surface area contributed by atoms with Gasteiger partial charge in [0.05, 0.1) is 5.71 Å².